The van der Waals surface area contributed by atoms with Crippen LogP contribution in [0.4, 0.5) is 0 Å². The van der Waals surface area contributed by atoms with Gasteiger partial charge in [-0.2, -0.15) is 0 Å². The molecule has 67 valence electrons. The minimum Gasteiger partial charge on any atom is -0.0502 e. The highest BCUT2D eigenvalue weighted by atomic mass is 14.4. The van der Waals surface area contributed by atoms with Gasteiger partial charge in [0.25, 0.3) is 0 Å². The monoisotopic (exact) mass is 163 g/mol. The largest absolute Gasteiger partial charge is 0.0502 e. The van der Waals surface area contributed by atoms with Gasteiger partial charge in [-0.25, -0.2) is 0 Å². The van der Waals surface area contributed by atoms with Crippen LogP contribution in [0.1, 0.15) is 44.9 Å². The Morgan fingerprint density at radius 2 is 1.75 bits per heavy atom. The molecule has 0 amide bonds. The summed E-state index contributed by atoms with van der Waals surface area (Å²) in [6, 6.07) is 0. The highest BCUT2D eigenvalue weighted by molar-refractivity contribution is 4.95. The first-order valence-corrected chi connectivity index (χ1v) is 5.75. The van der Waals surface area contributed by atoms with Gasteiger partial charge in [0.15, 0.2) is 0 Å². The SMILES string of the molecule is [CH]1CC2CCC3CCC1CC3C2. The fourth-order valence-electron chi connectivity index (χ4n) is 3.84. The molecule has 3 aliphatic rings. The van der Waals surface area contributed by atoms with E-state index in [0.717, 1.165) is 23.7 Å². The van der Waals surface area contributed by atoms with Crippen LogP contribution < -0.4 is 0 Å². The summed E-state index contributed by atoms with van der Waals surface area (Å²) in [6.07, 6.45) is 13.4. The first-order chi connectivity index (χ1) is 5.92. The summed E-state index contributed by atoms with van der Waals surface area (Å²) < 4.78 is 0. The molecule has 0 heteroatoms. The van der Waals surface area contributed by atoms with Gasteiger partial charge < -0.3 is 0 Å². The summed E-state index contributed by atoms with van der Waals surface area (Å²) in [5.74, 6) is 4.40. The topological polar surface area (TPSA) is 0 Å². The second-order valence-corrected chi connectivity index (χ2v) is 5.24. The fourth-order valence-corrected chi connectivity index (χ4v) is 3.84. The molecule has 3 bridgehead atoms. The molecule has 4 atom stereocenters. The van der Waals surface area contributed by atoms with Crippen LogP contribution in [0.3, 0.4) is 0 Å². The normalized spacial score (nSPS) is 52.0. The summed E-state index contributed by atoms with van der Waals surface area (Å²) in [4.78, 5) is 0. The molecule has 0 nitrogen and oxygen atoms in total. The Labute approximate surface area is 75.7 Å². The molecule has 3 aliphatic carbocycles. The molecule has 0 spiro atoms. The average molecular weight is 163 g/mol. The van der Waals surface area contributed by atoms with Crippen molar-refractivity contribution in [1.82, 2.24) is 0 Å². The standard InChI is InChI=1S/C12H19/c1-2-10-4-6-11-5-3-9(1)7-12(11)8-10/h1,9-12H,2-8H2. The van der Waals surface area contributed by atoms with E-state index in [1.54, 1.807) is 32.1 Å². The van der Waals surface area contributed by atoms with Crippen LogP contribution in [0, 0.1) is 30.1 Å². The van der Waals surface area contributed by atoms with Crippen molar-refractivity contribution in [2.45, 2.75) is 44.9 Å². The molecule has 0 aromatic rings. The third kappa shape index (κ3) is 1.11. The zero-order valence-corrected chi connectivity index (χ0v) is 7.84. The fraction of sp³-hybridized carbons (Fsp3) is 0.917. The van der Waals surface area contributed by atoms with Crippen LogP contribution >= 0.6 is 0 Å². The molecule has 3 fully saturated rings. The van der Waals surface area contributed by atoms with Gasteiger partial charge in [0.2, 0.25) is 0 Å². The van der Waals surface area contributed by atoms with Crippen molar-refractivity contribution in [3.05, 3.63) is 6.42 Å². The molecule has 0 heterocycles. The number of hydrogen-bond acceptors (Lipinski definition) is 0. The zero-order valence-electron chi connectivity index (χ0n) is 7.84. The van der Waals surface area contributed by atoms with Gasteiger partial charge in [0.05, 0.1) is 0 Å². The van der Waals surface area contributed by atoms with Crippen molar-refractivity contribution < 1.29 is 0 Å². The van der Waals surface area contributed by atoms with Crippen LogP contribution in [0.15, 0.2) is 0 Å². The van der Waals surface area contributed by atoms with Crippen molar-refractivity contribution in [3.8, 4) is 0 Å². The molecule has 3 saturated carbocycles. The lowest BCUT2D eigenvalue weighted by Crippen LogP contribution is -2.27. The zero-order chi connectivity index (χ0) is 7.97. The molecule has 1 radical (unpaired) electrons. The molecule has 0 aliphatic heterocycles. The van der Waals surface area contributed by atoms with Gasteiger partial charge in [-0.05, 0) is 68.6 Å². The summed E-state index contributed by atoms with van der Waals surface area (Å²) >= 11 is 0. The Balaban J connectivity index is 1.85. The lowest BCUT2D eigenvalue weighted by molar-refractivity contribution is 0.130. The Hall–Kier alpha value is 0. The Bertz CT molecular complexity index is 155. The Morgan fingerprint density at radius 3 is 2.75 bits per heavy atom. The maximum atomic E-state index is 2.66. The second-order valence-electron chi connectivity index (χ2n) is 5.24. The number of fused-ring (bicyclic) bond motifs is 2. The predicted molar refractivity (Wildman–Crippen MR) is 50.6 cm³/mol. The molecule has 0 aromatic heterocycles. The minimum absolute atomic E-state index is 1.02. The van der Waals surface area contributed by atoms with E-state index in [1.165, 1.54) is 12.8 Å². The lowest BCUT2D eigenvalue weighted by Gasteiger charge is -2.38. The van der Waals surface area contributed by atoms with Crippen molar-refractivity contribution in [3.63, 3.8) is 0 Å². The van der Waals surface area contributed by atoms with E-state index in [2.05, 4.69) is 6.42 Å². The van der Waals surface area contributed by atoms with Crippen molar-refractivity contribution in [1.29, 1.82) is 0 Å². The molecule has 4 unspecified atom stereocenters. The highest BCUT2D eigenvalue weighted by Gasteiger charge is 2.38. The first kappa shape index (κ1) is 7.41. The number of rotatable bonds is 0. The minimum atomic E-state index is 1.02. The van der Waals surface area contributed by atoms with Crippen molar-refractivity contribution in [2.75, 3.05) is 0 Å². The van der Waals surface area contributed by atoms with Crippen molar-refractivity contribution in [2.24, 2.45) is 23.7 Å². The number of hydrogen-bond donors (Lipinski definition) is 0. The van der Waals surface area contributed by atoms with Crippen LogP contribution in [0.25, 0.3) is 0 Å². The summed E-state index contributed by atoms with van der Waals surface area (Å²) in [5.41, 5.74) is 0. The van der Waals surface area contributed by atoms with Crippen LogP contribution in [0.5, 0.6) is 0 Å². The van der Waals surface area contributed by atoms with E-state index < -0.39 is 0 Å². The van der Waals surface area contributed by atoms with Gasteiger partial charge >= 0.3 is 0 Å². The summed E-state index contributed by atoms with van der Waals surface area (Å²) in [7, 11) is 0. The predicted octanol–water partition coefficient (Wildman–Crippen LogP) is 3.43. The van der Waals surface area contributed by atoms with E-state index in [1.807, 2.05) is 0 Å². The third-order valence-electron chi connectivity index (χ3n) is 4.56. The van der Waals surface area contributed by atoms with Crippen LogP contribution in [-0.2, 0) is 0 Å². The molecule has 0 aromatic carbocycles. The highest BCUT2D eigenvalue weighted by Crippen LogP contribution is 2.49. The van der Waals surface area contributed by atoms with Crippen LogP contribution in [0.2, 0.25) is 0 Å². The van der Waals surface area contributed by atoms with E-state index in [9.17, 15) is 0 Å². The second kappa shape index (κ2) is 2.75. The van der Waals surface area contributed by atoms with Gasteiger partial charge in [-0.1, -0.05) is 6.42 Å². The van der Waals surface area contributed by atoms with E-state index in [0.29, 0.717) is 0 Å². The smallest absolute Gasteiger partial charge is 0.0352 e. The molecule has 3 rings (SSSR count). The molecule has 0 saturated heterocycles. The van der Waals surface area contributed by atoms with Crippen molar-refractivity contribution >= 4 is 0 Å². The Kier molecular flexibility index (Phi) is 1.70. The van der Waals surface area contributed by atoms with Crippen LogP contribution in [-0.4, -0.2) is 0 Å². The van der Waals surface area contributed by atoms with E-state index in [-0.39, 0.29) is 0 Å². The maximum absolute atomic E-state index is 2.66. The maximum Gasteiger partial charge on any atom is -0.0352 e. The quantitative estimate of drug-likeness (QED) is 0.513. The van der Waals surface area contributed by atoms with Gasteiger partial charge in [0.1, 0.15) is 0 Å². The van der Waals surface area contributed by atoms with E-state index in [4.69, 9.17) is 0 Å². The van der Waals surface area contributed by atoms with Gasteiger partial charge in [-0.15, -0.1) is 0 Å². The molecule has 12 heavy (non-hydrogen) atoms. The average Bonchev–Trinajstić information content (AvgIpc) is 2.21. The Morgan fingerprint density at radius 1 is 0.833 bits per heavy atom. The van der Waals surface area contributed by atoms with Gasteiger partial charge in [0, 0.05) is 0 Å². The molecule has 0 N–H and O–H groups in total. The molecular formula is C12H19. The van der Waals surface area contributed by atoms with Gasteiger partial charge in [-0.3, -0.25) is 0 Å². The first-order valence-electron chi connectivity index (χ1n) is 5.75. The summed E-state index contributed by atoms with van der Waals surface area (Å²) in [6.45, 7) is 0. The molecular weight excluding hydrogens is 144 g/mol. The summed E-state index contributed by atoms with van der Waals surface area (Å²) in [5, 5.41) is 0. The van der Waals surface area contributed by atoms with E-state index >= 15 is 0 Å². The third-order valence-corrected chi connectivity index (χ3v) is 4.56. The lowest BCUT2D eigenvalue weighted by atomic mass is 9.67.